The van der Waals surface area contributed by atoms with Crippen molar-refractivity contribution in [1.82, 2.24) is 15.5 Å². The Bertz CT molecular complexity index is 941. The Kier molecular flexibility index (Phi) is 7.35. The minimum Gasteiger partial charge on any atom is -0.404 e. The first-order valence-electron chi connectivity index (χ1n) is 12.8. The Labute approximate surface area is 209 Å². The van der Waals surface area contributed by atoms with Gasteiger partial charge in [-0.3, -0.25) is 9.59 Å². The van der Waals surface area contributed by atoms with Crippen LogP contribution < -0.4 is 10.6 Å². The lowest BCUT2D eigenvalue weighted by molar-refractivity contribution is -0.138. The van der Waals surface area contributed by atoms with Gasteiger partial charge < -0.3 is 29.9 Å². The number of hydrogen-bond donors (Lipinski definition) is 3. The molecule has 5 unspecified atom stereocenters. The smallest absolute Gasteiger partial charge is 0.404 e. The number of nitrogens with zero attached hydrogens (tertiary/aromatic N) is 1. The highest BCUT2D eigenvalue weighted by atomic mass is 16.7. The highest BCUT2D eigenvalue weighted by molar-refractivity contribution is 6.48. The summed E-state index contributed by atoms with van der Waals surface area (Å²) in [5.74, 6) is 0.0346. The minimum absolute atomic E-state index is 0.121. The highest BCUT2D eigenvalue weighted by Gasteiger charge is 2.62. The molecule has 1 saturated carbocycles. The van der Waals surface area contributed by atoms with E-state index in [1.165, 1.54) is 0 Å². The zero-order valence-corrected chi connectivity index (χ0v) is 21.8. The van der Waals surface area contributed by atoms with Crippen LogP contribution in [0.5, 0.6) is 0 Å². The topological polar surface area (TPSA) is 100 Å². The van der Waals surface area contributed by atoms with Crippen molar-refractivity contribution in [1.29, 1.82) is 0 Å². The van der Waals surface area contributed by atoms with Crippen molar-refractivity contribution in [3.05, 3.63) is 35.4 Å². The molecule has 6 atom stereocenters. The third-order valence-corrected chi connectivity index (χ3v) is 8.92. The third kappa shape index (κ3) is 4.88. The zero-order chi connectivity index (χ0) is 25.5. The SMILES string of the molecule is CNCc1ccc(C(=O)NCC(=O)N2CC(O)CC2B2OC(C)C(C)(C3C[C@@H](C)C3(C)C)O2)cc1. The molecule has 9 heteroatoms. The Morgan fingerprint density at radius 1 is 1.17 bits per heavy atom. The molecule has 0 aromatic heterocycles. The van der Waals surface area contributed by atoms with Gasteiger partial charge >= 0.3 is 7.12 Å². The van der Waals surface area contributed by atoms with E-state index in [1.54, 1.807) is 17.0 Å². The van der Waals surface area contributed by atoms with Crippen molar-refractivity contribution < 1.29 is 24.0 Å². The molecular formula is C26H40BN3O5. The molecule has 8 nitrogen and oxygen atoms in total. The molecule has 1 aliphatic carbocycles. The third-order valence-electron chi connectivity index (χ3n) is 8.92. The van der Waals surface area contributed by atoms with Crippen LogP contribution in [0.25, 0.3) is 0 Å². The number of nitrogens with one attached hydrogen (secondary N) is 2. The quantitative estimate of drug-likeness (QED) is 0.511. The molecule has 1 aromatic carbocycles. The average Bonchev–Trinajstić information content (AvgIpc) is 3.35. The maximum atomic E-state index is 13.1. The van der Waals surface area contributed by atoms with E-state index in [0.29, 0.717) is 23.8 Å². The van der Waals surface area contributed by atoms with Crippen LogP contribution in [0.3, 0.4) is 0 Å². The van der Waals surface area contributed by atoms with E-state index in [4.69, 9.17) is 9.31 Å². The van der Waals surface area contributed by atoms with Crippen molar-refractivity contribution in [2.24, 2.45) is 17.3 Å². The van der Waals surface area contributed by atoms with E-state index in [9.17, 15) is 14.7 Å². The van der Waals surface area contributed by atoms with E-state index in [1.807, 2.05) is 26.1 Å². The van der Waals surface area contributed by atoms with Gasteiger partial charge in [0.25, 0.3) is 5.91 Å². The van der Waals surface area contributed by atoms with Crippen LogP contribution in [-0.2, 0) is 20.6 Å². The number of benzene rings is 1. The maximum absolute atomic E-state index is 13.1. The molecule has 2 saturated heterocycles. The summed E-state index contributed by atoms with van der Waals surface area (Å²) < 4.78 is 12.8. The fourth-order valence-electron chi connectivity index (χ4n) is 6.09. The largest absolute Gasteiger partial charge is 0.482 e. The standard InChI is InChI=1S/C26H40BN3O5/c1-16-11-21(25(16,3)4)26(5)17(2)34-27(35-26)22-12-20(31)15-30(22)23(32)14-29-24(33)19-9-7-18(8-10-19)13-28-6/h7-10,16-17,20-22,28,31H,11-15H2,1-6H3,(H,29,33)/t16-,17?,20?,21?,22?,26?/m1/s1. The first kappa shape index (κ1) is 26.1. The maximum Gasteiger partial charge on any atom is 0.482 e. The van der Waals surface area contributed by atoms with Crippen molar-refractivity contribution in [2.45, 2.75) is 77.8 Å². The molecule has 2 amide bonds. The molecule has 0 bridgehead atoms. The molecule has 0 spiro atoms. The van der Waals surface area contributed by atoms with E-state index < -0.39 is 18.8 Å². The van der Waals surface area contributed by atoms with Gasteiger partial charge in [0, 0.05) is 18.7 Å². The highest BCUT2D eigenvalue weighted by Crippen LogP contribution is 2.59. The van der Waals surface area contributed by atoms with Gasteiger partial charge in [0.05, 0.1) is 30.3 Å². The van der Waals surface area contributed by atoms with Crippen LogP contribution in [0.2, 0.25) is 0 Å². The van der Waals surface area contributed by atoms with Crippen LogP contribution >= 0.6 is 0 Å². The summed E-state index contributed by atoms with van der Waals surface area (Å²) in [6.45, 7) is 11.8. The first-order chi connectivity index (χ1) is 16.5. The summed E-state index contributed by atoms with van der Waals surface area (Å²) in [7, 11) is 1.27. The second-order valence-electron chi connectivity index (χ2n) is 11.4. The van der Waals surface area contributed by atoms with Crippen LogP contribution in [0, 0.1) is 17.3 Å². The number of carbonyl (C=O) groups is 2. The lowest BCUT2D eigenvalue weighted by Crippen LogP contribution is -2.58. The fourth-order valence-corrected chi connectivity index (χ4v) is 6.09. The van der Waals surface area contributed by atoms with E-state index in [2.05, 4.69) is 38.3 Å². The number of aliphatic hydroxyl groups is 1. The number of amides is 2. The molecule has 3 N–H and O–H groups in total. The van der Waals surface area contributed by atoms with Gasteiger partial charge in [0.1, 0.15) is 0 Å². The summed E-state index contributed by atoms with van der Waals surface area (Å²) in [5, 5.41) is 16.2. The van der Waals surface area contributed by atoms with E-state index in [-0.39, 0.29) is 42.4 Å². The predicted molar refractivity (Wildman–Crippen MR) is 135 cm³/mol. The van der Waals surface area contributed by atoms with Gasteiger partial charge in [-0.1, -0.05) is 32.9 Å². The first-order valence-corrected chi connectivity index (χ1v) is 12.8. The van der Waals surface area contributed by atoms with Gasteiger partial charge in [0.2, 0.25) is 5.91 Å². The van der Waals surface area contributed by atoms with Gasteiger partial charge in [-0.05, 0) is 68.7 Å². The van der Waals surface area contributed by atoms with Gasteiger partial charge in [0.15, 0.2) is 0 Å². The fraction of sp³-hybridized carbons (Fsp3) is 0.692. The Morgan fingerprint density at radius 2 is 1.86 bits per heavy atom. The van der Waals surface area contributed by atoms with E-state index >= 15 is 0 Å². The van der Waals surface area contributed by atoms with E-state index in [0.717, 1.165) is 18.5 Å². The zero-order valence-electron chi connectivity index (χ0n) is 21.8. The number of β-amino-alcohol motifs (C(OH)–C–C–N with tert-alkyl or cyclic N) is 1. The predicted octanol–water partition coefficient (Wildman–Crippen LogP) is 2.00. The number of rotatable bonds is 7. The van der Waals surface area contributed by atoms with Crippen LogP contribution in [0.4, 0.5) is 0 Å². The summed E-state index contributed by atoms with van der Waals surface area (Å²) in [4.78, 5) is 27.3. The Morgan fingerprint density at radius 3 is 2.46 bits per heavy atom. The van der Waals surface area contributed by atoms with Crippen LogP contribution in [-0.4, -0.2) is 72.8 Å². The lowest BCUT2D eigenvalue weighted by Gasteiger charge is -2.58. The second kappa shape index (κ2) is 9.84. The summed E-state index contributed by atoms with van der Waals surface area (Å²) >= 11 is 0. The molecule has 2 aliphatic heterocycles. The number of aliphatic hydroxyl groups excluding tert-OH is 1. The number of carbonyl (C=O) groups excluding carboxylic acids is 2. The molecule has 2 heterocycles. The summed E-state index contributed by atoms with van der Waals surface area (Å²) in [5.41, 5.74) is 1.28. The minimum atomic E-state index is -0.645. The van der Waals surface area contributed by atoms with Gasteiger partial charge in [-0.15, -0.1) is 0 Å². The average molecular weight is 485 g/mol. The number of likely N-dealkylation sites (tertiary alicyclic amines) is 1. The molecule has 1 aromatic rings. The molecule has 3 aliphatic rings. The molecular weight excluding hydrogens is 445 g/mol. The van der Waals surface area contributed by atoms with Gasteiger partial charge in [-0.25, -0.2) is 0 Å². The summed E-state index contributed by atoms with van der Waals surface area (Å²) in [6.07, 6.45) is 0.713. The normalized spacial score (nSPS) is 34.1. The molecule has 0 radical (unpaired) electrons. The number of hydrogen-bond acceptors (Lipinski definition) is 6. The van der Waals surface area contributed by atoms with Crippen molar-refractivity contribution >= 4 is 18.9 Å². The van der Waals surface area contributed by atoms with Crippen molar-refractivity contribution in [3.8, 4) is 0 Å². The van der Waals surface area contributed by atoms with Crippen molar-refractivity contribution in [3.63, 3.8) is 0 Å². The Balaban J connectivity index is 1.38. The van der Waals surface area contributed by atoms with Crippen molar-refractivity contribution in [2.75, 3.05) is 20.1 Å². The van der Waals surface area contributed by atoms with Crippen LogP contribution in [0.1, 0.15) is 63.4 Å². The second-order valence-corrected chi connectivity index (χ2v) is 11.4. The molecule has 4 rings (SSSR count). The monoisotopic (exact) mass is 485 g/mol. The molecule has 192 valence electrons. The molecule has 35 heavy (non-hydrogen) atoms. The summed E-state index contributed by atoms with van der Waals surface area (Å²) in [6, 6.07) is 7.27. The van der Waals surface area contributed by atoms with Gasteiger partial charge in [-0.2, -0.15) is 0 Å². The Hall–Kier alpha value is -1.94. The van der Waals surface area contributed by atoms with Crippen LogP contribution in [0.15, 0.2) is 24.3 Å². The molecule has 3 fully saturated rings. The lowest BCUT2D eigenvalue weighted by atomic mass is 9.50.